The van der Waals surface area contributed by atoms with Crippen molar-refractivity contribution < 1.29 is 9.53 Å². The molecular formula is C28H30N6O2. The molecule has 1 aliphatic rings. The molecule has 184 valence electrons. The van der Waals surface area contributed by atoms with Gasteiger partial charge in [-0.15, -0.1) is 0 Å². The zero-order valence-electron chi connectivity index (χ0n) is 21.1. The van der Waals surface area contributed by atoms with Crippen molar-refractivity contribution in [1.29, 1.82) is 5.26 Å². The number of aryl methyl sites for hydroxylation is 1. The van der Waals surface area contributed by atoms with Gasteiger partial charge in [0.2, 0.25) is 5.65 Å². The summed E-state index contributed by atoms with van der Waals surface area (Å²) in [7, 11) is 4.90. The van der Waals surface area contributed by atoms with Gasteiger partial charge in [0, 0.05) is 31.4 Å². The molecule has 0 spiro atoms. The second kappa shape index (κ2) is 11.0. The maximum atomic E-state index is 12.6. The van der Waals surface area contributed by atoms with E-state index in [2.05, 4.69) is 16.4 Å². The summed E-state index contributed by atoms with van der Waals surface area (Å²) >= 11 is 0. The minimum atomic E-state index is -0.208. The van der Waals surface area contributed by atoms with Crippen molar-refractivity contribution in [1.82, 2.24) is 24.6 Å². The Labute approximate surface area is 211 Å². The lowest BCUT2D eigenvalue weighted by molar-refractivity contribution is 0.0822. The molecule has 0 atom stereocenters. The molecule has 36 heavy (non-hydrogen) atoms. The normalized spacial score (nSPS) is 12.5. The molecule has 5 rings (SSSR count). The van der Waals surface area contributed by atoms with E-state index in [1.165, 1.54) is 37.9 Å². The molecular weight excluding hydrogens is 452 g/mol. The van der Waals surface area contributed by atoms with E-state index in [1.54, 1.807) is 32.4 Å². The number of amides is 1. The molecule has 1 fully saturated rings. The Bertz CT molecular complexity index is 1390. The predicted molar refractivity (Wildman–Crippen MR) is 140 cm³/mol. The van der Waals surface area contributed by atoms with Crippen LogP contribution in [-0.2, 0) is 0 Å². The average Bonchev–Trinajstić information content (AvgIpc) is 3.62. The number of methoxy groups -OCH3 is 1. The molecule has 3 heterocycles. The minimum Gasteiger partial charge on any atom is -0.478 e. The van der Waals surface area contributed by atoms with Gasteiger partial charge in [0.05, 0.1) is 30.1 Å². The zero-order valence-corrected chi connectivity index (χ0v) is 21.1. The van der Waals surface area contributed by atoms with Crippen LogP contribution in [-0.4, -0.2) is 59.5 Å². The average molecular weight is 483 g/mol. The number of nitrogens with zero attached hydrogens (tertiary/aromatic N) is 5. The first-order valence-electron chi connectivity index (χ1n) is 11.9. The number of carbonyl (C=O) groups is 1. The van der Waals surface area contributed by atoms with Crippen LogP contribution in [0.2, 0.25) is 0 Å². The maximum absolute atomic E-state index is 12.6. The SMILES string of the molecule is C1CCNC1.COc1nc(-c2ccc(C#N)cc2)c(-c2ccc(C)cc2)n2cc(C(=O)N(C)C)nc12. The summed E-state index contributed by atoms with van der Waals surface area (Å²) in [5.41, 5.74) is 5.65. The number of ether oxygens (including phenoxy) is 1. The van der Waals surface area contributed by atoms with Gasteiger partial charge in [-0.3, -0.25) is 9.20 Å². The lowest BCUT2D eigenvalue weighted by Gasteiger charge is -2.14. The summed E-state index contributed by atoms with van der Waals surface area (Å²) in [5.74, 6) is 0.105. The van der Waals surface area contributed by atoms with Gasteiger partial charge in [-0.05, 0) is 45.0 Å². The van der Waals surface area contributed by atoms with Crippen molar-refractivity contribution >= 4 is 11.6 Å². The fourth-order valence-corrected chi connectivity index (χ4v) is 4.01. The molecule has 8 nitrogen and oxygen atoms in total. The molecule has 0 aliphatic carbocycles. The predicted octanol–water partition coefficient (Wildman–Crippen LogP) is 4.32. The van der Waals surface area contributed by atoms with Crippen LogP contribution in [0.15, 0.2) is 54.7 Å². The van der Waals surface area contributed by atoms with Crippen LogP contribution in [0.1, 0.15) is 34.5 Å². The van der Waals surface area contributed by atoms with Crippen LogP contribution >= 0.6 is 0 Å². The fourth-order valence-electron chi connectivity index (χ4n) is 4.01. The van der Waals surface area contributed by atoms with E-state index in [-0.39, 0.29) is 5.91 Å². The number of benzene rings is 2. The van der Waals surface area contributed by atoms with Crippen LogP contribution < -0.4 is 10.1 Å². The number of nitrogens with one attached hydrogen (secondary N) is 1. The third kappa shape index (κ3) is 5.21. The molecule has 1 amide bonds. The molecule has 1 saturated heterocycles. The fraction of sp³-hybridized carbons (Fsp3) is 0.286. The van der Waals surface area contributed by atoms with Crippen molar-refractivity contribution in [2.45, 2.75) is 19.8 Å². The van der Waals surface area contributed by atoms with Crippen LogP contribution in [0.4, 0.5) is 0 Å². The number of hydrogen-bond donors (Lipinski definition) is 1. The van der Waals surface area contributed by atoms with Crippen molar-refractivity contribution in [2.75, 3.05) is 34.3 Å². The standard InChI is InChI=1S/C24H21N5O2.C4H9N/c1-15-5-9-18(10-6-15)21-20(17-11-7-16(13-25)8-12-17)27-23(31-4)22-26-19(14-29(21)22)24(30)28(2)3;1-2-4-5-3-1/h5-12,14H,1-4H3;5H,1-4H2. The molecule has 4 aromatic rings. The van der Waals surface area contributed by atoms with Crippen molar-refractivity contribution in [3.63, 3.8) is 0 Å². The van der Waals surface area contributed by atoms with E-state index >= 15 is 0 Å². The molecule has 2 aromatic carbocycles. The molecule has 0 radical (unpaired) electrons. The third-order valence-electron chi connectivity index (χ3n) is 5.96. The van der Waals surface area contributed by atoms with Gasteiger partial charge in [-0.2, -0.15) is 5.26 Å². The molecule has 0 unspecified atom stereocenters. The monoisotopic (exact) mass is 482 g/mol. The molecule has 2 aromatic heterocycles. The molecule has 1 N–H and O–H groups in total. The van der Waals surface area contributed by atoms with Gasteiger partial charge in [0.1, 0.15) is 5.69 Å². The lowest BCUT2D eigenvalue weighted by Crippen LogP contribution is -2.21. The number of rotatable bonds is 4. The van der Waals surface area contributed by atoms with Gasteiger partial charge in [-0.1, -0.05) is 42.0 Å². The summed E-state index contributed by atoms with van der Waals surface area (Å²) in [6.07, 6.45) is 4.49. The number of imidazole rings is 1. The maximum Gasteiger partial charge on any atom is 0.273 e. The minimum absolute atomic E-state index is 0.208. The van der Waals surface area contributed by atoms with Crippen LogP contribution in [0.25, 0.3) is 28.2 Å². The summed E-state index contributed by atoms with van der Waals surface area (Å²) < 4.78 is 7.37. The highest BCUT2D eigenvalue weighted by Gasteiger charge is 2.22. The van der Waals surface area contributed by atoms with E-state index in [4.69, 9.17) is 15.0 Å². The quantitative estimate of drug-likeness (QED) is 0.465. The van der Waals surface area contributed by atoms with Gasteiger partial charge in [0.15, 0.2) is 0 Å². The van der Waals surface area contributed by atoms with Crippen molar-refractivity contribution in [2.24, 2.45) is 0 Å². The largest absolute Gasteiger partial charge is 0.478 e. The third-order valence-corrected chi connectivity index (χ3v) is 5.96. The van der Waals surface area contributed by atoms with Gasteiger partial charge in [0.25, 0.3) is 11.8 Å². The number of hydrogen-bond acceptors (Lipinski definition) is 6. The summed E-state index contributed by atoms with van der Waals surface area (Å²) in [5, 5.41) is 12.4. The Morgan fingerprint density at radius 1 is 1.03 bits per heavy atom. The number of fused-ring (bicyclic) bond motifs is 1. The zero-order chi connectivity index (χ0) is 25.7. The van der Waals surface area contributed by atoms with Crippen molar-refractivity contribution in [3.05, 3.63) is 71.5 Å². The molecule has 0 bridgehead atoms. The van der Waals surface area contributed by atoms with Crippen LogP contribution in [0.5, 0.6) is 5.88 Å². The Balaban J connectivity index is 0.000000543. The Morgan fingerprint density at radius 3 is 2.19 bits per heavy atom. The first-order valence-corrected chi connectivity index (χ1v) is 11.9. The first-order chi connectivity index (χ1) is 17.4. The molecule has 0 saturated carbocycles. The van der Waals surface area contributed by atoms with E-state index in [1.807, 2.05) is 47.7 Å². The van der Waals surface area contributed by atoms with Gasteiger partial charge in [-0.25, -0.2) is 9.97 Å². The second-order valence-corrected chi connectivity index (χ2v) is 8.85. The van der Waals surface area contributed by atoms with Crippen molar-refractivity contribution in [3.8, 4) is 34.5 Å². The number of nitriles is 1. The Morgan fingerprint density at radius 2 is 1.67 bits per heavy atom. The Kier molecular flexibility index (Phi) is 7.62. The smallest absolute Gasteiger partial charge is 0.273 e. The van der Waals surface area contributed by atoms with E-state index in [0.717, 1.165) is 22.4 Å². The van der Waals surface area contributed by atoms with E-state index in [0.29, 0.717) is 28.5 Å². The summed E-state index contributed by atoms with van der Waals surface area (Å²) in [6.45, 7) is 4.53. The second-order valence-electron chi connectivity index (χ2n) is 8.85. The van der Waals surface area contributed by atoms with Gasteiger partial charge >= 0.3 is 0 Å². The highest BCUT2D eigenvalue weighted by Crippen LogP contribution is 2.35. The highest BCUT2D eigenvalue weighted by molar-refractivity contribution is 5.93. The first kappa shape index (κ1) is 24.9. The summed E-state index contributed by atoms with van der Waals surface area (Å²) in [4.78, 5) is 23.3. The van der Waals surface area contributed by atoms with Crippen LogP contribution in [0, 0.1) is 18.3 Å². The molecule has 1 aliphatic heterocycles. The van der Waals surface area contributed by atoms with Gasteiger partial charge < -0.3 is 15.0 Å². The lowest BCUT2D eigenvalue weighted by atomic mass is 10.0. The number of carbonyl (C=O) groups excluding carboxylic acids is 1. The highest BCUT2D eigenvalue weighted by atomic mass is 16.5. The summed E-state index contributed by atoms with van der Waals surface area (Å²) in [6, 6.07) is 17.4. The number of aromatic nitrogens is 3. The molecule has 8 heteroatoms. The topological polar surface area (TPSA) is 95.5 Å². The Hall–Kier alpha value is -4.22. The van der Waals surface area contributed by atoms with Crippen LogP contribution in [0.3, 0.4) is 0 Å². The van der Waals surface area contributed by atoms with E-state index < -0.39 is 0 Å². The van der Waals surface area contributed by atoms with E-state index in [9.17, 15) is 4.79 Å².